The summed E-state index contributed by atoms with van der Waals surface area (Å²) in [6.45, 7) is 13.6. The quantitative estimate of drug-likeness (QED) is 0.320. The van der Waals surface area contributed by atoms with Crippen LogP contribution >= 0.6 is 11.3 Å². The molecule has 0 fully saturated rings. The Hall–Kier alpha value is -4.13. The maximum absolute atomic E-state index is 13.8. The van der Waals surface area contributed by atoms with Crippen LogP contribution in [0.15, 0.2) is 35.7 Å². The lowest BCUT2D eigenvalue weighted by Crippen LogP contribution is -2.52. The van der Waals surface area contributed by atoms with E-state index in [9.17, 15) is 19.2 Å². The molecule has 3 heterocycles. The fraction of sp³-hybridized carbons (Fsp3) is 0.571. The van der Waals surface area contributed by atoms with E-state index in [0.29, 0.717) is 42.3 Å². The second-order valence-electron chi connectivity index (χ2n) is 13.4. The summed E-state index contributed by atoms with van der Waals surface area (Å²) in [5.74, 6) is -0.279. The first-order valence-electron chi connectivity index (χ1n) is 17.0. The molecule has 2 bridgehead atoms. The van der Waals surface area contributed by atoms with Crippen molar-refractivity contribution in [3.8, 4) is 0 Å². The minimum Gasteiger partial charge on any atom is -0.350 e. The number of aromatic nitrogens is 4. The van der Waals surface area contributed by atoms with Crippen molar-refractivity contribution in [2.75, 3.05) is 13.1 Å². The first kappa shape index (κ1) is 36.7. The lowest BCUT2D eigenvalue weighted by Gasteiger charge is -2.32. The Labute approximate surface area is 287 Å². The van der Waals surface area contributed by atoms with Crippen LogP contribution in [0.3, 0.4) is 0 Å². The number of hydrogen-bond acceptors (Lipinski definition) is 8. The van der Waals surface area contributed by atoms with Crippen LogP contribution in [-0.4, -0.2) is 67.4 Å². The Balaban J connectivity index is 1.78. The van der Waals surface area contributed by atoms with Crippen LogP contribution in [0.1, 0.15) is 106 Å². The fourth-order valence-electron chi connectivity index (χ4n) is 5.97. The van der Waals surface area contributed by atoms with Crippen molar-refractivity contribution in [3.05, 3.63) is 63.6 Å². The van der Waals surface area contributed by atoms with Crippen molar-refractivity contribution < 1.29 is 19.2 Å². The van der Waals surface area contributed by atoms with Gasteiger partial charge in [-0.3, -0.25) is 19.2 Å². The molecule has 0 saturated heterocycles. The van der Waals surface area contributed by atoms with E-state index in [0.717, 1.165) is 5.56 Å². The molecule has 0 radical (unpaired) electrons. The fourth-order valence-corrected chi connectivity index (χ4v) is 6.83. The van der Waals surface area contributed by atoms with Gasteiger partial charge in [-0.05, 0) is 50.0 Å². The molecule has 3 aromatic rings. The van der Waals surface area contributed by atoms with Crippen LogP contribution in [0.4, 0.5) is 0 Å². The molecule has 1 aliphatic rings. The van der Waals surface area contributed by atoms with Gasteiger partial charge in [-0.15, -0.1) is 11.3 Å². The molecule has 1 aliphatic heterocycles. The van der Waals surface area contributed by atoms with E-state index >= 15 is 0 Å². The van der Waals surface area contributed by atoms with Gasteiger partial charge in [-0.2, -0.15) is 5.10 Å². The minimum atomic E-state index is -0.613. The van der Waals surface area contributed by atoms with Gasteiger partial charge in [-0.25, -0.2) is 14.6 Å². The molecule has 4 rings (SSSR count). The maximum Gasteiger partial charge on any atom is 0.271 e. The second-order valence-corrected chi connectivity index (χ2v) is 14.3. The predicted octanol–water partition coefficient (Wildman–Crippen LogP) is 4.38. The largest absolute Gasteiger partial charge is 0.350 e. The summed E-state index contributed by atoms with van der Waals surface area (Å²) < 4.78 is 1.53. The summed E-state index contributed by atoms with van der Waals surface area (Å²) in [4.78, 5) is 65.7. The van der Waals surface area contributed by atoms with E-state index in [1.165, 1.54) is 16.0 Å². The van der Waals surface area contributed by atoms with Crippen molar-refractivity contribution in [1.82, 2.24) is 40.6 Å². The number of nitrogens with zero attached hydrogens (tertiary/aromatic N) is 5. The number of thiazole rings is 1. The van der Waals surface area contributed by atoms with Gasteiger partial charge >= 0.3 is 0 Å². The number of aryl methyl sites for hydroxylation is 1. The van der Waals surface area contributed by atoms with Crippen LogP contribution < -0.4 is 16.0 Å². The van der Waals surface area contributed by atoms with Gasteiger partial charge in [0, 0.05) is 23.9 Å². The Bertz CT molecular complexity index is 1550. The van der Waals surface area contributed by atoms with Gasteiger partial charge in [0.25, 0.3) is 5.91 Å². The first-order chi connectivity index (χ1) is 22.9. The Morgan fingerprint density at radius 3 is 2.27 bits per heavy atom. The predicted molar refractivity (Wildman–Crippen MR) is 185 cm³/mol. The van der Waals surface area contributed by atoms with E-state index in [2.05, 4.69) is 44.9 Å². The number of carbonyl (C=O) groups is 4. The highest BCUT2D eigenvalue weighted by atomic mass is 32.1. The average Bonchev–Trinajstić information content (AvgIpc) is 3.67. The molecular weight excluding hydrogens is 629 g/mol. The zero-order chi connectivity index (χ0) is 35.0. The summed E-state index contributed by atoms with van der Waals surface area (Å²) in [5, 5.41) is 16.2. The van der Waals surface area contributed by atoms with Crippen LogP contribution in [0.25, 0.3) is 0 Å². The van der Waals surface area contributed by atoms with Gasteiger partial charge in [0.1, 0.15) is 23.1 Å². The molecule has 0 spiro atoms. The van der Waals surface area contributed by atoms with Crippen molar-refractivity contribution in [1.29, 1.82) is 0 Å². The highest BCUT2D eigenvalue weighted by Crippen LogP contribution is 2.26. The number of benzene rings is 1. The molecule has 4 amide bonds. The molecule has 2 aromatic heterocycles. The zero-order valence-electron chi connectivity index (χ0n) is 29.2. The number of carbonyl (C=O) groups excluding carboxylic acids is 4. The summed E-state index contributed by atoms with van der Waals surface area (Å²) in [6, 6.07) is 8.25. The van der Waals surface area contributed by atoms with Crippen LogP contribution in [-0.2, 0) is 27.3 Å². The van der Waals surface area contributed by atoms with E-state index in [1.807, 2.05) is 58.0 Å². The molecule has 3 N–H and O–H groups in total. The van der Waals surface area contributed by atoms with Crippen molar-refractivity contribution in [3.63, 3.8) is 0 Å². The van der Waals surface area contributed by atoms with E-state index < -0.39 is 24.0 Å². The third kappa shape index (κ3) is 9.71. The molecule has 48 heavy (non-hydrogen) atoms. The molecule has 0 unspecified atom stereocenters. The Morgan fingerprint density at radius 1 is 0.938 bits per heavy atom. The molecule has 260 valence electrons. The number of fused-ring (bicyclic) bond motifs is 3. The van der Waals surface area contributed by atoms with Gasteiger partial charge < -0.3 is 20.9 Å². The summed E-state index contributed by atoms with van der Waals surface area (Å²) in [6.07, 6.45) is 2.30. The van der Waals surface area contributed by atoms with Crippen LogP contribution in [0, 0.1) is 24.7 Å². The molecule has 12 nitrogen and oxygen atoms in total. The highest BCUT2D eigenvalue weighted by Gasteiger charge is 2.31. The monoisotopic (exact) mass is 678 g/mol. The number of nitrogens with one attached hydrogen (secondary N) is 3. The molecule has 3 atom stereocenters. The van der Waals surface area contributed by atoms with Gasteiger partial charge in [0.2, 0.25) is 17.7 Å². The van der Waals surface area contributed by atoms with E-state index in [1.54, 1.807) is 17.2 Å². The molecular formula is C35H50N8O4S. The number of hydrogen-bond donors (Lipinski definition) is 3. The van der Waals surface area contributed by atoms with Crippen molar-refractivity contribution in [2.45, 2.75) is 98.8 Å². The van der Waals surface area contributed by atoms with Crippen LogP contribution in [0.5, 0.6) is 0 Å². The molecule has 13 heteroatoms. The Kier molecular flexibility index (Phi) is 12.9. The first-order valence-corrected chi connectivity index (χ1v) is 17.8. The summed E-state index contributed by atoms with van der Waals surface area (Å²) in [7, 11) is 0. The Morgan fingerprint density at radius 2 is 1.62 bits per heavy atom. The van der Waals surface area contributed by atoms with Gasteiger partial charge in [-0.1, -0.05) is 71.9 Å². The minimum absolute atomic E-state index is 0.0379. The number of rotatable bonds is 8. The lowest BCUT2D eigenvalue weighted by molar-refractivity contribution is -0.140. The van der Waals surface area contributed by atoms with Gasteiger partial charge in [0.15, 0.2) is 5.82 Å². The standard InChI is InChI=1S/C35H50N8O4S/c1-8-25(9-2)35(47)42-17-28(22(5)6)38-31(45)19-43-32(36-23(7)41-43)26(16-24-13-11-10-12-14-24)39-33(46)29-20-48-34(40-29)27(15-21(3)4)37-30(44)18-42/h10-14,20-22,25-28H,8-9,15-19H2,1-7H3,(H,37,44)(H,38,45)(H,39,46)/t26-,27-,28+/m0/s1. The second kappa shape index (κ2) is 16.8. The molecule has 0 aliphatic carbocycles. The molecule has 1 aromatic carbocycles. The maximum atomic E-state index is 13.8. The third-order valence-electron chi connectivity index (χ3n) is 8.64. The topological polar surface area (TPSA) is 151 Å². The van der Waals surface area contributed by atoms with Gasteiger partial charge in [0.05, 0.1) is 18.6 Å². The summed E-state index contributed by atoms with van der Waals surface area (Å²) in [5.41, 5.74) is 1.20. The van der Waals surface area contributed by atoms with Crippen molar-refractivity contribution >= 4 is 35.0 Å². The van der Waals surface area contributed by atoms with Crippen molar-refractivity contribution in [2.24, 2.45) is 17.8 Å². The average molecular weight is 679 g/mol. The van der Waals surface area contributed by atoms with E-state index in [4.69, 9.17) is 0 Å². The zero-order valence-corrected chi connectivity index (χ0v) is 30.0. The summed E-state index contributed by atoms with van der Waals surface area (Å²) >= 11 is 1.32. The lowest BCUT2D eigenvalue weighted by atomic mass is 9.99. The SMILES string of the molecule is CCC(CC)C(=O)N1CC(=O)N[C@@H](CC(C)C)c2nc(cs2)C(=O)N[C@@H](Cc2ccccc2)c2nc(C)nn2CC(=O)N[C@@H](C(C)C)C1. The van der Waals surface area contributed by atoms with E-state index in [-0.39, 0.29) is 60.8 Å². The number of amides is 4. The van der Waals surface area contributed by atoms with Crippen LogP contribution in [0.2, 0.25) is 0 Å². The third-order valence-corrected chi connectivity index (χ3v) is 9.60. The normalized spacial score (nSPS) is 19.8. The smallest absolute Gasteiger partial charge is 0.271 e. The molecule has 0 saturated carbocycles. The highest BCUT2D eigenvalue weighted by molar-refractivity contribution is 7.09.